The molecule has 0 spiro atoms. The van der Waals surface area contributed by atoms with Gasteiger partial charge in [-0.1, -0.05) is 18.2 Å². The van der Waals surface area contributed by atoms with Crippen LogP contribution in [-0.4, -0.2) is 30.6 Å². The molecule has 88 valence electrons. The van der Waals surface area contributed by atoms with Gasteiger partial charge in [-0.15, -0.1) is 0 Å². The summed E-state index contributed by atoms with van der Waals surface area (Å²) in [5.41, 5.74) is 1.63. The van der Waals surface area contributed by atoms with Gasteiger partial charge in [-0.3, -0.25) is 9.98 Å². The highest BCUT2D eigenvalue weighted by molar-refractivity contribution is 6.16. The van der Waals surface area contributed by atoms with Crippen molar-refractivity contribution in [1.82, 2.24) is 0 Å². The van der Waals surface area contributed by atoms with E-state index < -0.39 is 5.97 Å². The zero-order valence-electron chi connectivity index (χ0n) is 9.79. The summed E-state index contributed by atoms with van der Waals surface area (Å²) in [4.78, 5) is 18.8. The van der Waals surface area contributed by atoms with Gasteiger partial charge in [0.05, 0.1) is 5.56 Å². The molecule has 0 bridgehead atoms. The molecular weight excluding hydrogens is 216 g/mol. The maximum atomic E-state index is 11.0. The molecule has 4 heteroatoms. The monoisotopic (exact) mass is 230 g/mol. The van der Waals surface area contributed by atoms with Crippen LogP contribution in [0.2, 0.25) is 0 Å². The lowest BCUT2D eigenvalue weighted by Crippen LogP contribution is -1.98. The van der Waals surface area contributed by atoms with E-state index in [1.807, 2.05) is 0 Å². The van der Waals surface area contributed by atoms with E-state index >= 15 is 0 Å². The number of benzene rings is 1. The first-order chi connectivity index (χ1) is 8.15. The molecule has 0 aliphatic heterocycles. The van der Waals surface area contributed by atoms with Gasteiger partial charge in [-0.2, -0.15) is 0 Å². The fraction of sp³-hybridized carbons (Fsp3) is 0.154. The van der Waals surface area contributed by atoms with Crippen LogP contribution in [0, 0.1) is 0 Å². The summed E-state index contributed by atoms with van der Waals surface area (Å²) in [5, 5.41) is 9.00. The lowest BCUT2D eigenvalue weighted by Gasteiger charge is -2.00. The number of allylic oxidation sites excluding steroid dienone is 1. The molecule has 1 aromatic rings. The van der Waals surface area contributed by atoms with Crippen LogP contribution >= 0.6 is 0 Å². The Morgan fingerprint density at radius 1 is 1.29 bits per heavy atom. The number of nitrogens with zero attached hydrogens (tertiary/aromatic N) is 2. The van der Waals surface area contributed by atoms with E-state index in [2.05, 4.69) is 9.98 Å². The molecular formula is C13H14N2O2. The quantitative estimate of drug-likeness (QED) is 0.808. The largest absolute Gasteiger partial charge is 0.478 e. The second-order valence-electron chi connectivity index (χ2n) is 3.36. The SMILES string of the molecule is CN=CC=NC(C)=Cc1ccccc1C(=O)O. The van der Waals surface area contributed by atoms with E-state index in [1.165, 1.54) is 0 Å². The standard InChI is InChI=1S/C13H14N2O2/c1-10(15-8-7-14-2)9-11-5-3-4-6-12(11)13(16)17/h3-9H,1-2H3,(H,16,17). The van der Waals surface area contributed by atoms with Crippen molar-refractivity contribution >= 4 is 24.5 Å². The van der Waals surface area contributed by atoms with Crippen LogP contribution in [0.5, 0.6) is 0 Å². The van der Waals surface area contributed by atoms with Gasteiger partial charge in [0.15, 0.2) is 0 Å². The Balaban J connectivity index is 3.01. The van der Waals surface area contributed by atoms with E-state index in [9.17, 15) is 4.79 Å². The number of carboxylic acids is 1. The van der Waals surface area contributed by atoms with Crippen LogP contribution in [0.3, 0.4) is 0 Å². The van der Waals surface area contributed by atoms with Crippen molar-refractivity contribution in [2.45, 2.75) is 6.92 Å². The Morgan fingerprint density at radius 3 is 2.65 bits per heavy atom. The highest BCUT2D eigenvalue weighted by Crippen LogP contribution is 2.13. The summed E-state index contributed by atoms with van der Waals surface area (Å²) in [5.74, 6) is -0.941. The maximum absolute atomic E-state index is 11.0. The molecule has 0 aromatic heterocycles. The van der Waals surface area contributed by atoms with Gasteiger partial charge in [0.25, 0.3) is 0 Å². The molecule has 1 rings (SSSR count). The van der Waals surface area contributed by atoms with Crippen molar-refractivity contribution < 1.29 is 9.90 Å². The van der Waals surface area contributed by atoms with Gasteiger partial charge in [-0.05, 0) is 24.6 Å². The zero-order valence-corrected chi connectivity index (χ0v) is 9.79. The fourth-order valence-corrected chi connectivity index (χ4v) is 1.30. The van der Waals surface area contributed by atoms with Crippen LogP contribution < -0.4 is 0 Å². The second-order valence-corrected chi connectivity index (χ2v) is 3.36. The molecule has 17 heavy (non-hydrogen) atoms. The predicted molar refractivity (Wildman–Crippen MR) is 70.0 cm³/mol. The summed E-state index contributed by atoms with van der Waals surface area (Å²) >= 11 is 0. The lowest BCUT2D eigenvalue weighted by molar-refractivity contribution is 0.0696. The number of carboxylic acid groups (broad SMARTS) is 1. The van der Waals surface area contributed by atoms with Crippen molar-refractivity contribution in [3.63, 3.8) is 0 Å². The van der Waals surface area contributed by atoms with Gasteiger partial charge in [0.1, 0.15) is 0 Å². The first-order valence-electron chi connectivity index (χ1n) is 5.10. The molecule has 0 radical (unpaired) electrons. The van der Waals surface area contributed by atoms with E-state index in [4.69, 9.17) is 5.11 Å². The third-order valence-corrected chi connectivity index (χ3v) is 2.05. The molecule has 0 amide bonds. The minimum atomic E-state index is -0.941. The van der Waals surface area contributed by atoms with Crippen LogP contribution in [-0.2, 0) is 0 Å². The van der Waals surface area contributed by atoms with Crippen molar-refractivity contribution in [2.75, 3.05) is 7.05 Å². The molecule has 1 N–H and O–H groups in total. The number of aromatic carboxylic acids is 1. The average Bonchev–Trinajstić information content (AvgIpc) is 2.29. The van der Waals surface area contributed by atoms with Crippen molar-refractivity contribution in [3.05, 3.63) is 41.1 Å². The minimum Gasteiger partial charge on any atom is -0.478 e. The molecule has 1 aromatic carbocycles. The highest BCUT2D eigenvalue weighted by Gasteiger charge is 2.06. The molecule has 0 atom stereocenters. The second kappa shape index (κ2) is 6.37. The van der Waals surface area contributed by atoms with Crippen LogP contribution in [0.15, 0.2) is 39.9 Å². The Bertz CT molecular complexity index is 488. The summed E-state index contributed by atoms with van der Waals surface area (Å²) in [6, 6.07) is 6.81. The Labute approximate surface area is 100 Å². The van der Waals surface area contributed by atoms with Crippen molar-refractivity contribution in [3.8, 4) is 0 Å². The van der Waals surface area contributed by atoms with Crippen molar-refractivity contribution in [1.29, 1.82) is 0 Å². The number of hydrogen-bond donors (Lipinski definition) is 1. The molecule has 0 unspecified atom stereocenters. The number of hydrogen-bond acceptors (Lipinski definition) is 3. The Hall–Kier alpha value is -2.23. The van der Waals surface area contributed by atoms with Gasteiger partial charge in [0.2, 0.25) is 0 Å². The smallest absolute Gasteiger partial charge is 0.336 e. The molecule has 0 heterocycles. The van der Waals surface area contributed by atoms with Crippen LogP contribution in [0.25, 0.3) is 6.08 Å². The molecule has 0 fully saturated rings. The van der Waals surface area contributed by atoms with Gasteiger partial charge < -0.3 is 5.11 Å². The summed E-state index contributed by atoms with van der Waals surface area (Å²) < 4.78 is 0. The van der Waals surface area contributed by atoms with Gasteiger partial charge in [0, 0.05) is 25.2 Å². The highest BCUT2D eigenvalue weighted by atomic mass is 16.4. The van der Waals surface area contributed by atoms with E-state index in [0.717, 1.165) is 5.70 Å². The fourth-order valence-electron chi connectivity index (χ4n) is 1.30. The molecule has 0 saturated carbocycles. The zero-order chi connectivity index (χ0) is 12.7. The molecule has 0 aliphatic rings. The topological polar surface area (TPSA) is 62.0 Å². The summed E-state index contributed by atoms with van der Waals surface area (Å²) in [6.07, 6.45) is 4.86. The van der Waals surface area contributed by atoms with Crippen LogP contribution in [0.1, 0.15) is 22.8 Å². The van der Waals surface area contributed by atoms with Crippen molar-refractivity contribution in [2.24, 2.45) is 9.98 Å². The van der Waals surface area contributed by atoms with Crippen LogP contribution in [0.4, 0.5) is 0 Å². The first-order valence-corrected chi connectivity index (χ1v) is 5.10. The number of carbonyl (C=O) groups is 1. The summed E-state index contributed by atoms with van der Waals surface area (Å²) in [7, 11) is 1.66. The number of aliphatic imine (C=N–C) groups is 2. The van der Waals surface area contributed by atoms with E-state index in [0.29, 0.717) is 5.56 Å². The summed E-state index contributed by atoms with van der Waals surface area (Å²) in [6.45, 7) is 1.80. The van der Waals surface area contributed by atoms with E-state index in [1.54, 1.807) is 56.7 Å². The third kappa shape index (κ3) is 4.03. The van der Waals surface area contributed by atoms with E-state index in [-0.39, 0.29) is 5.56 Å². The molecule has 0 saturated heterocycles. The van der Waals surface area contributed by atoms with Gasteiger partial charge in [-0.25, -0.2) is 4.79 Å². The minimum absolute atomic E-state index is 0.270. The third-order valence-electron chi connectivity index (χ3n) is 2.05. The average molecular weight is 230 g/mol. The maximum Gasteiger partial charge on any atom is 0.336 e. The first kappa shape index (κ1) is 12.8. The Kier molecular flexibility index (Phi) is 4.81. The molecule has 0 aliphatic carbocycles. The molecule has 4 nitrogen and oxygen atoms in total. The Morgan fingerprint density at radius 2 is 2.00 bits per heavy atom. The van der Waals surface area contributed by atoms with Gasteiger partial charge >= 0.3 is 5.97 Å². The number of rotatable bonds is 4. The lowest BCUT2D eigenvalue weighted by atomic mass is 10.1. The predicted octanol–water partition coefficient (Wildman–Crippen LogP) is 2.52. The normalized spacial score (nSPS) is 12.5.